The molecule has 0 fully saturated rings. The van der Waals surface area contributed by atoms with Crippen LogP contribution in [0, 0.1) is 13.8 Å². The number of rotatable bonds is 11. The molecule has 1 heterocycles. The van der Waals surface area contributed by atoms with Gasteiger partial charge >= 0.3 is 6.09 Å². The lowest BCUT2D eigenvalue weighted by molar-refractivity contribution is 0.151. The van der Waals surface area contributed by atoms with Crippen LogP contribution in [-0.4, -0.2) is 45.6 Å². The van der Waals surface area contributed by atoms with Crippen molar-refractivity contribution in [1.29, 1.82) is 0 Å². The highest BCUT2D eigenvalue weighted by molar-refractivity contribution is 5.89. The summed E-state index contributed by atoms with van der Waals surface area (Å²) < 4.78 is 33.4. The van der Waals surface area contributed by atoms with Gasteiger partial charge in [0, 0.05) is 29.8 Å². The molecule has 0 bridgehead atoms. The van der Waals surface area contributed by atoms with E-state index in [-0.39, 0.29) is 6.61 Å². The fraction of sp³-hybridized carbons (Fsp3) is 0.267. The van der Waals surface area contributed by atoms with Gasteiger partial charge in [-0.25, -0.2) is 4.79 Å². The second-order valence-electron chi connectivity index (χ2n) is 8.68. The Morgan fingerprint density at radius 2 is 1.49 bits per heavy atom. The highest BCUT2D eigenvalue weighted by Gasteiger charge is 2.14. The Kier molecular flexibility index (Phi) is 8.94. The number of carbonyl (C=O) groups is 1. The van der Waals surface area contributed by atoms with Crippen molar-refractivity contribution < 1.29 is 33.2 Å². The van der Waals surface area contributed by atoms with Gasteiger partial charge in [0.1, 0.15) is 11.5 Å². The summed E-state index contributed by atoms with van der Waals surface area (Å²) >= 11 is 0. The van der Waals surface area contributed by atoms with Gasteiger partial charge in [0.05, 0.1) is 40.1 Å². The number of carbonyl (C=O) groups excluding carboxylic acids is 1. The van der Waals surface area contributed by atoms with E-state index in [1.807, 2.05) is 62.4 Å². The minimum absolute atomic E-state index is 0.212. The van der Waals surface area contributed by atoms with E-state index in [4.69, 9.17) is 28.4 Å². The topological polar surface area (TPSA) is 97.4 Å². The molecule has 1 N–H and O–H groups in total. The average molecular weight is 533 g/mol. The maximum Gasteiger partial charge on any atom is 0.411 e. The molecule has 0 atom stereocenters. The first-order chi connectivity index (χ1) is 18.9. The zero-order valence-electron chi connectivity index (χ0n) is 22.7. The first kappa shape index (κ1) is 27.4. The fourth-order valence-electron chi connectivity index (χ4n) is 3.98. The molecule has 0 aliphatic carbocycles. The van der Waals surface area contributed by atoms with Gasteiger partial charge in [0.2, 0.25) is 0 Å². The fourth-order valence-corrected chi connectivity index (χ4v) is 3.98. The van der Waals surface area contributed by atoms with Crippen LogP contribution in [0.15, 0.2) is 60.8 Å². The van der Waals surface area contributed by atoms with Gasteiger partial charge in [-0.1, -0.05) is 12.1 Å². The van der Waals surface area contributed by atoms with Gasteiger partial charge in [-0.15, -0.1) is 0 Å². The van der Waals surface area contributed by atoms with Crippen molar-refractivity contribution in [2.45, 2.75) is 20.3 Å². The molecule has 0 radical (unpaired) electrons. The van der Waals surface area contributed by atoms with Crippen molar-refractivity contribution in [3.8, 4) is 34.5 Å². The van der Waals surface area contributed by atoms with Crippen LogP contribution >= 0.6 is 0 Å². The number of para-hydroxylation sites is 2. The Morgan fingerprint density at radius 1 is 0.769 bits per heavy atom. The summed E-state index contributed by atoms with van der Waals surface area (Å²) in [5, 5.41) is 3.59. The third-order valence-electron chi connectivity index (χ3n) is 6.03. The molecule has 0 saturated carbocycles. The summed E-state index contributed by atoms with van der Waals surface area (Å²) in [5.41, 5.74) is 3.02. The minimum atomic E-state index is -0.537. The second-order valence-corrected chi connectivity index (χ2v) is 8.68. The summed E-state index contributed by atoms with van der Waals surface area (Å²) in [5.74, 6) is 3.76. The predicted octanol–water partition coefficient (Wildman–Crippen LogP) is 6.69. The van der Waals surface area contributed by atoms with Crippen LogP contribution in [0.2, 0.25) is 0 Å². The van der Waals surface area contributed by atoms with Gasteiger partial charge < -0.3 is 28.4 Å². The van der Waals surface area contributed by atoms with E-state index in [0.29, 0.717) is 58.7 Å². The molecule has 9 nitrogen and oxygen atoms in total. The summed E-state index contributed by atoms with van der Waals surface area (Å²) in [7, 11) is 4.76. The normalized spacial score (nSPS) is 10.6. The standard InChI is InChI=1S/C30H32N2O7/c1-19-16-27(39-24-11-12-31-23-18-29(36-5)28(35-4)17-21(23)24)20(2)15-22(19)32-30(33)38-14-8-13-37-26-10-7-6-9-25(26)34-3/h6-7,9-12,15-18H,8,13-14H2,1-5H3,(H,32,33). The summed E-state index contributed by atoms with van der Waals surface area (Å²) in [6.45, 7) is 4.40. The van der Waals surface area contributed by atoms with Crippen LogP contribution in [0.3, 0.4) is 0 Å². The lowest BCUT2D eigenvalue weighted by atomic mass is 10.1. The number of fused-ring (bicyclic) bond motifs is 1. The molecule has 0 unspecified atom stereocenters. The van der Waals surface area contributed by atoms with Crippen LogP contribution < -0.4 is 29.0 Å². The van der Waals surface area contributed by atoms with Crippen molar-refractivity contribution >= 4 is 22.7 Å². The minimum Gasteiger partial charge on any atom is -0.493 e. The van der Waals surface area contributed by atoms with Crippen LogP contribution in [-0.2, 0) is 4.74 Å². The van der Waals surface area contributed by atoms with E-state index < -0.39 is 6.09 Å². The molecule has 0 aliphatic heterocycles. The van der Waals surface area contributed by atoms with Crippen molar-refractivity contribution in [1.82, 2.24) is 4.98 Å². The monoisotopic (exact) mass is 532 g/mol. The van der Waals surface area contributed by atoms with Gasteiger partial charge in [-0.3, -0.25) is 10.3 Å². The first-order valence-electron chi connectivity index (χ1n) is 12.4. The number of ether oxygens (including phenoxy) is 6. The number of hydrogen-bond acceptors (Lipinski definition) is 8. The summed E-state index contributed by atoms with van der Waals surface area (Å²) in [6, 6.07) is 16.6. The van der Waals surface area contributed by atoms with E-state index >= 15 is 0 Å². The second kappa shape index (κ2) is 12.7. The molecule has 3 aromatic carbocycles. The highest BCUT2D eigenvalue weighted by atomic mass is 16.6. The van der Waals surface area contributed by atoms with Crippen molar-refractivity contribution in [2.24, 2.45) is 0 Å². The summed E-state index contributed by atoms with van der Waals surface area (Å²) in [4.78, 5) is 16.8. The zero-order chi connectivity index (χ0) is 27.8. The van der Waals surface area contributed by atoms with Gasteiger partial charge in [-0.2, -0.15) is 0 Å². The molecule has 0 saturated heterocycles. The Balaban J connectivity index is 1.36. The number of aromatic nitrogens is 1. The molecule has 39 heavy (non-hydrogen) atoms. The van der Waals surface area contributed by atoms with E-state index in [1.54, 1.807) is 33.6 Å². The molecule has 4 rings (SSSR count). The highest BCUT2D eigenvalue weighted by Crippen LogP contribution is 2.38. The molecule has 0 aliphatic rings. The Bertz CT molecular complexity index is 1460. The number of aryl methyl sites for hydroxylation is 2. The zero-order valence-corrected chi connectivity index (χ0v) is 22.7. The maximum atomic E-state index is 12.4. The SMILES string of the molecule is COc1cc2nccc(Oc3cc(C)c(NC(=O)OCCCOc4ccccc4OC)cc3C)c2cc1OC. The number of anilines is 1. The average Bonchev–Trinajstić information content (AvgIpc) is 2.95. The van der Waals surface area contributed by atoms with E-state index in [0.717, 1.165) is 16.5 Å². The third-order valence-corrected chi connectivity index (χ3v) is 6.03. The lowest BCUT2D eigenvalue weighted by Crippen LogP contribution is -2.16. The molecule has 1 amide bonds. The Morgan fingerprint density at radius 3 is 2.23 bits per heavy atom. The van der Waals surface area contributed by atoms with E-state index in [9.17, 15) is 4.79 Å². The third kappa shape index (κ3) is 6.62. The number of methoxy groups -OCH3 is 3. The molecular formula is C30H32N2O7. The van der Waals surface area contributed by atoms with Gasteiger partial charge in [0.15, 0.2) is 23.0 Å². The van der Waals surface area contributed by atoms with Crippen LogP contribution in [0.1, 0.15) is 17.5 Å². The largest absolute Gasteiger partial charge is 0.493 e. The van der Waals surface area contributed by atoms with Gasteiger partial charge in [-0.05, 0) is 61.4 Å². The summed E-state index contributed by atoms with van der Waals surface area (Å²) in [6.07, 6.45) is 1.68. The molecule has 1 aromatic heterocycles. The number of amides is 1. The lowest BCUT2D eigenvalue weighted by Gasteiger charge is -2.16. The quantitative estimate of drug-likeness (QED) is 0.214. The molecule has 0 spiro atoms. The van der Waals surface area contributed by atoms with Crippen LogP contribution in [0.4, 0.5) is 10.5 Å². The van der Waals surface area contributed by atoms with Crippen molar-refractivity contribution in [2.75, 3.05) is 39.9 Å². The number of pyridine rings is 1. The Labute approximate surface area is 227 Å². The molecular weight excluding hydrogens is 500 g/mol. The number of nitrogens with zero attached hydrogens (tertiary/aromatic N) is 1. The Hall–Kier alpha value is -4.66. The first-order valence-corrected chi connectivity index (χ1v) is 12.4. The van der Waals surface area contributed by atoms with E-state index in [1.165, 1.54) is 0 Å². The van der Waals surface area contributed by atoms with E-state index in [2.05, 4.69) is 10.3 Å². The van der Waals surface area contributed by atoms with Gasteiger partial charge in [0.25, 0.3) is 0 Å². The van der Waals surface area contributed by atoms with Crippen LogP contribution in [0.25, 0.3) is 10.9 Å². The predicted molar refractivity (Wildman–Crippen MR) is 149 cm³/mol. The van der Waals surface area contributed by atoms with Crippen molar-refractivity contribution in [3.05, 3.63) is 71.9 Å². The number of benzene rings is 3. The van der Waals surface area contributed by atoms with Crippen LogP contribution in [0.5, 0.6) is 34.5 Å². The van der Waals surface area contributed by atoms with Crippen molar-refractivity contribution in [3.63, 3.8) is 0 Å². The number of nitrogens with one attached hydrogen (secondary N) is 1. The molecule has 204 valence electrons. The molecule has 4 aromatic rings. The number of hydrogen-bond donors (Lipinski definition) is 1. The molecule has 9 heteroatoms. The maximum absolute atomic E-state index is 12.4. The smallest absolute Gasteiger partial charge is 0.411 e.